The Morgan fingerprint density at radius 3 is 2.55 bits per heavy atom. The van der Waals surface area contributed by atoms with Crippen molar-refractivity contribution in [3.05, 3.63) is 64.1 Å². The number of thioether (sulfide) groups is 1. The van der Waals surface area contributed by atoms with E-state index in [9.17, 15) is 14.2 Å². The van der Waals surface area contributed by atoms with E-state index >= 15 is 0 Å². The van der Waals surface area contributed by atoms with Gasteiger partial charge in [0.1, 0.15) is 11.6 Å². The van der Waals surface area contributed by atoms with Crippen LogP contribution in [0.25, 0.3) is 0 Å². The number of hydrogen-bond acceptors (Lipinski definition) is 8. The predicted molar refractivity (Wildman–Crippen MR) is 117 cm³/mol. The molecule has 0 saturated carbocycles. The molecule has 0 unspecified atom stereocenters. The van der Waals surface area contributed by atoms with Crippen LogP contribution in [0.1, 0.15) is 35.1 Å². The van der Waals surface area contributed by atoms with Crippen molar-refractivity contribution in [3.63, 3.8) is 0 Å². The molecule has 1 aromatic heterocycles. The van der Waals surface area contributed by atoms with Gasteiger partial charge in [0.15, 0.2) is 0 Å². The van der Waals surface area contributed by atoms with Crippen molar-refractivity contribution >= 4 is 36.4 Å². The smallest absolute Gasteiger partial charge is 0.383 e. The van der Waals surface area contributed by atoms with Gasteiger partial charge < -0.3 is 20.8 Å². The third-order valence-electron chi connectivity index (χ3n) is 3.93. The van der Waals surface area contributed by atoms with E-state index in [1.54, 1.807) is 44.2 Å². The number of anilines is 1. The summed E-state index contributed by atoms with van der Waals surface area (Å²) in [6, 6.07) is 8.51. The summed E-state index contributed by atoms with van der Waals surface area (Å²) >= 11 is 0.854. The number of nitrogens with zero attached hydrogens (tertiary/aromatic N) is 2. The van der Waals surface area contributed by atoms with Crippen molar-refractivity contribution in [2.75, 3.05) is 12.3 Å². The van der Waals surface area contributed by atoms with E-state index in [0.29, 0.717) is 27.6 Å². The summed E-state index contributed by atoms with van der Waals surface area (Å²) in [6.07, 6.45) is 1.40. The van der Waals surface area contributed by atoms with Gasteiger partial charge in [-0.1, -0.05) is 30.3 Å². The van der Waals surface area contributed by atoms with Gasteiger partial charge in [-0.05, 0) is 25.6 Å². The first kappa shape index (κ1) is 24.7. The lowest BCUT2D eigenvalue weighted by molar-refractivity contribution is -0.119. The highest BCUT2D eigenvalue weighted by Gasteiger charge is 2.18. The quantitative estimate of drug-likeness (QED) is 0.403. The van der Waals surface area contributed by atoms with Gasteiger partial charge in [0, 0.05) is 34.3 Å². The minimum atomic E-state index is -4.66. The van der Waals surface area contributed by atoms with Crippen LogP contribution in [0, 0.1) is 6.92 Å². The molecule has 2 rings (SSSR count). The van der Waals surface area contributed by atoms with Crippen molar-refractivity contribution in [2.45, 2.75) is 26.7 Å². The maximum absolute atomic E-state index is 12.6. The van der Waals surface area contributed by atoms with Crippen LogP contribution in [0.15, 0.2) is 47.1 Å². The first-order chi connectivity index (χ1) is 14.5. The molecule has 0 aliphatic carbocycles. The van der Waals surface area contributed by atoms with Gasteiger partial charge in [0.05, 0.1) is 13.0 Å². The molecule has 31 heavy (non-hydrogen) atoms. The number of amides is 1. The second-order valence-electron chi connectivity index (χ2n) is 6.43. The average molecular weight is 466 g/mol. The van der Waals surface area contributed by atoms with Gasteiger partial charge in [0.2, 0.25) is 11.0 Å². The van der Waals surface area contributed by atoms with Gasteiger partial charge in [-0.25, -0.2) is 14.5 Å². The van der Waals surface area contributed by atoms with E-state index < -0.39 is 13.7 Å². The number of benzene rings is 1. The molecule has 0 radical (unpaired) electrons. The number of allylic oxidation sites excluding steroid dienone is 1. The molecule has 10 nitrogen and oxygen atoms in total. The summed E-state index contributed by atoms with van der Waals surface area (Å²) < 4.78 is 15.4. The van der Waals surface area contributed by atoms with Gasteiger partial charge >= 0.3 is 7.82 Å². The molecule has 0 aliphatic rings. The number of carbonyl (C=O) groups is 2. The van der Waals surface area contributed by atoms with Crippen LogP contribution < -0.4 is 11.1 Å². The van der Waals surface area contributed by atoms with Gasteiger partial charge in [-0.2, -0.15) is 0 Å². The zero-order valence-electron chi connectivity index (χ0n) is 16.9. The fraction of sp³-hybridized carbons (Fsp3) is 0.263. The van der Waals surface area contributed by atoms with Gasteiger partial charge in [0.25, 0.3) is 0 Å². The molecule has 0 spiro atoms. The van der Waals surface area contributed by atoms with Crippen LogP contribution in [0.4, 0.5) is 5.82 Å². The lowest BCUT2D eigenvalue weighted by atomic mass is 10.2. The number of rotatable bonds is 9. The van der Waals surface area contributed by atoms with Crippen LogP contribution in [0.3, 0.4) is 0 Å². The molecule has 2 aromatic rings. The highest BCUT2D eigenvalue weighted by molar-refractivity contribution is 8.17. The Balaban J connectivity index is 2.15. The van der Waals surface area contributed by atoms with Crippen molar-refractivity contribution in [1.82, 2.24) is 15.3 Å². The zero-order chi connectivity index (χ0) is 23.0. The number of phosphoric ester groups is 1. The van der Waals surface area contributed by atoms with Crippen LogP contribution >= 0.6 is 19.6 Å². The number of carbonyl (C=O) groups excluding carboxylic acids is 2. The van der Waals surface area contributed by atoms with Crippen LogP contribution in [0.2, 0.25) is 0 Å². The third-order valence-corrected chi connectivity index (χ3v) is 5.63. The van der Waals surface area contributed by atoms with Crippen molar-refractivity contribution in [2.24, 2.45) is 0 Å². The molecule has 0 atom stereocenters. The molecule has 1 heterocycles. The predicted octanol–water partition coefficient (Wildman–Crippen LogP) is 2.33. The van der Waals surface area contributed by atoms with Gasteiger partial charge in [-0.3, -0.25) is 14.1 Å². The number of aryl methyl sites for hydroxylation is 1. The first-order valence-corrected chi connectivity index (χ1v) is 11.4. The van der Waals surface area contributed by atoms with E-state index in [4.69, 9.17) is 15.5 Å². The first-order valence-electron chi connectivity index (χ1n) is 9.10. The Hall–Kier alpha value is -2.56. The summed E-state index contributed by atoms with van der Waals surface area (Å²) in [6.45, 7) is 2.94. The molecule has 0 fully saturated rings. The molecule has 1 aromatic carbocycles. The minimum absolute atomic E-state index is 0.0102. The largest absolute Gasteiger partial charge is 0.469 e. The maximum atomic E-state index is 12.6. The van der Waals surface area contributed by atoms with E-state index in [0.717, 1.165) is 11.8 Å². The number of hydrogen-bond donors (Lipinski definition) is 4. The molecule has 12 heteroatoms. The number of nitrogens with two attached hydrogens (primary N) is 1. The third kappa shape index (κ3) is 8.60. The number of phosphoric acid groups is 1. The summed E-state index contributed by atoms with van der Waals surface area (Å²) in [5.41, 5.74) is 7.08. The monoisotopic (exact) mass is 466 g/mol. The van der Waals surface area contributed by atoms with E-state index in [1.807, 2.05) is 0 Å². The lowest BCUT2D eigenvalue weighted by Crippen LogP contribution is -2.25. The normalized spacial score (nSPS) is 12.3. The summed E-state index contributed by atoms with van der Waals surface area (Å²) in [5, 5.41) is 2.40. The molecule has 0 bridgehead atoms. The summed E-state index contributed by atoms with van der Waals surface area (Å²) in [7, 11) is -4.66. The van der Waals surface area contributed by atoms with E-state index in [-0.39, 0.29) is 30.4 Å². The molecule has 1 amide bonds. The van der Waals surface area contributed by atoms with Gasteiger partial charge in [-0.15, -0.1) is 0 Å². The Bertz CT molecular complexity index is 1030. The topological polar surface area (TPSA) is 165 Å². The van der Waals surface area contributed by atoms with Crippen molar-refractivity contribution < 1.29 is 28.5 Å². The second kappa shape index (κ2) is 11.2. The maximum Gasteiger partial charge on any atom is 0.469 e. The Kier molecular flexibility index (Phi) is 8.90. The summed E-state index contributed by atoms with van der Waals surface area (Å²) in [5.74, 6) is 0.284. The van der Waals surface area contributed by atoms with Crippen molar-refractivity contribution in [1.29, 1.82) is 0 Å². The molecular formula is C19H23N4O6PS. The Morgan fingerprint density at radius 2 is 1.94 bits per heavy atom. The SMILES string of the molecule is C/C(NC(=O)Cc1cnc(C)nc1N)=C(/CCOP(=O)(O)O)SC(=O)c1ccccc1. The minimum Gasteiger partial charge on any atom is -0.383 e. The van der Waals surface area contributed by atoms with Crippen LogP contribution in [-0.2, 0) is 20.3 Å². The zero-order valence-corrected chi connectivity index (χ0v) is 18.7. The van der Waals surface area contributed by atoms with Crippen LogP contribution in [0.5, 0.6) is 0 Å². The van der Waals surface area contributed by atoms with Crippen molar-refractivity contribution in [3.8, 4) is 0 Å². The highest BCUT2D eigenvalue weighted by atomic mass is 32.2. The van der Waals surface area contributed by atoms with E-state index in [1.165, 1.54) is 6.20 Å². The highest BCUT2D eigenvalue weighted by Crippen LogP contribution is 2.37. The molecule has 0 aliphatic heterocycles. The number of nitrogen functional groups attached to an aromatic ring is 1. The molecular weight excluding hydrogens is 443 g/mol. The Morgan fingerprint density at radius 1 is 1.26 bits per heavy atom. The Labute approximate surface area is 183 Å². The molecule has 5 N–H and O–H groups in total. The van der Waals surface area contributed by atoms with Crippen LogP contribution in [-0.4, -0.2) is 37.4 Å². The molecule has 0 saturated heterocycles. The number of aromatic nitrogens is 2. The van der Waals surface area contributed by atoms with E-state index in [2.05, 4.69) is 19.8 Å². The fourth-order valence-corrected chi connectivity index (χ4v) is 3.66. The molecule has 166 valence electrons. The standard InChI is InChI=1S/C19H23N4O6PS/c1-12(22-17(24)10-15-11-21-13(2)23-18(15)20)16(8-9-29-30(26,27)28)31-19(25)14-6-4-3-5-7-14/h3-7,11H,8-10H2,1-2H3,(H,22,24)(H2,20,21,23)(H2,26,27,28)/b16-12+. The summed E-state index contributed by atoms with van der Waals surface area (Å²) in [4.78, 5) is 51.2. The average Bonchev–Trinajstić information content (AvgIpc) is 2.69. The number of nitrogens with one attached hydrogen (secondary N) is 1. The second-order valence-corrected chi connectivity index (χ2v) is 8.74. The fourth-order valence-electron chi connectivity index (χ4n) is 2.46. The lowest BCUT2D eigenvalue weighted by Gasteiger charge is -2.14.